The number of nitrogens with one attached hydrogen (secondary N) is 1. The summed E-state index contributed by atoms with van der Waals surface area (Å²) in [4.78, 5) is 12.5. The second kappa shape index (κ2) is 9.23. The van der Waals surface area contributed by atoms with Gasteiger partial charge in [0.05, 0.1) is 11.7 Å². The molecule has 0 bridgehead atoms. The van der Waals surface area contributed by atoms with Crippen molar-refractivity contribution >= 4 is 29.3 Å². The zero-order valence-electron chi connectivity index (χ0n) is 17.9. The lowest BCUT2D eigenvalue weighted by atomic mass is 9.95. The largest absolute Gasteiger partial charge is 0.346 e. The predicted molar refractivity (Wildman–Crippen MR) is 123 cm³/mol. The smallest absolute Gasteiger partial charge is 0.225 e. The second-order valence-electron chi connectivity index (χ2n) is 8.33. The zero-order chi connectivity index (χ0) is 21.9. The van der Waals surface area contributed by atoms with Gasteiger partial charge in [-0.1, -0.05) is 80.5 Å². The van der Waals surface area contributed by atoms with Crippen LogP contribution < -0.4 is 5.32 Å². The predicted octanol–water partition coefficient (Wildman–Crippen LogP) is 5.74. The standard InChI is InChI=1S/C23H27ClN4OS/c1-15-11-12-18(24)13-19(15)28-20(16(2)25-21(29)23(3,4)5)26-27-22(28)30-14-17-9-7-6-8-10-17/h6-13,16H,14H2,1-5H3,(H,25,29). The first kappa shape index (κ1) is 22.4. The van der Waals surface area contributed by atoms with Crippen molar-refractivity contribution in [3.8, 4) is 5.69 Å². The van der Waals surface area contributed by atoms with Crippen molar-refractivity contribution < 1.29 is 4.79 Å². The van der Waals surface area contributed by atoms with E-state index in [0.717, 1.165) is 22.2 Å². The summed E-state index contributed by atoms with van der Waals surface area (Å²) < 4.78 is 2.00. The maximum atomic E-state index is 12.5. The maximum absolute atomic E-state index is 12.5. The maximum Gasteiger partial charge on any atom is 0.225 e. The van der Waals surface area contributed by atoms with E-state index in [1.165, 1.54) is 5.56 Å². The Hall–Kier alpha value is -2.31. The minimum Gasteiger partial charge on any atom is -0.346 e. The van der Waals surface area contributed by atoms with E-state index in [0.29, 0.717) is 10.8 Å². The quantitative estimate of drug-likeness (QED) is 0.494. The van der Waals surface area contributed by atoms with E-state index < -0.39 is 5.41 Å². The van der Waals surface area contributed by atoms with E-state index in [-0.39, 0.29) is 11.9 Å². The highest BCUT2D eigenvalue weighted by atomic mass is 35.5. The normalized spacial score (nSPS) is 12.6. The molecule has 30 heavy (non-hydrogen) atoms. The van der Waals surface area contributed by atoms with Crippen molar-refractivity contribution in [2.45, 2.75) is 51.6 Å². The number of carbonyl (C=O) groups is 1. The highest BCUT2D eigenvalue weighted by Crippen LogP contribution is 2.30. The highest BCUT2D eigenvalue weighted by molar-refractivity contribution is 7.98. The van der Waals surface area contributed by atoms with E-state index in [1.807, 2.05) is 75.6 Å². The van der Waals surface area contributed by atoms with Crippen LogP contribution in [0.15, 0.2) is 53.7 Å². The minimum absolute atomic E-state index is 0.0362. The Morgan fingerprint density at radius 1 is 1.17 bits per heavy atom. The van der Waals surface area contributed by atoms with Crippen LogP contribution in [-0.2, 0) is 10.5 Å². The fraction of sp³-hybridized carbons (Fsp3) is 0.348. The fourth-order valence-electron chi connectivity index (χ4n) is 2.90. The third kappa shape index (κ3) is 5.24. The first-order valence-corrected chi connectivity index (χ1v) is 11.2. The van der Waals surface area contributed by atoms with E-state index >= 15 is 0 Å². The molecule has 0 fully saturated rings. The highest BCUT2D eigenvalue weighted by Gasteiger charge is 2.27. The number of amides is 1. The second-order valence-corrected chi connectivity index (χ2v) is 9.71. The van der Waals surface area contributed by atoms with Crippen LogP contribution in [0.2, 0.25) is 5.02 Å². The zero-order valence-corrected chi connectivity index (χ0v) is 19.5. The number of aromatic nitrogens is 3. The summed E-state index contributed by atoms with van der Waals surface area (Å²) in [5.41, 5.74) is 2.68. The van der Waals surface area contributed by atoms with Crippen LogP contribution in [0.1, 0.15) is 50.7 Å². The molecule has 3 rings (SSSR count). The summed E-state index contributed by atoms with van der Waals surface area (Å²) in [5, 5.41) is 13.4. The Bertz CT molecular complexity index is 1030. The number of hydrogen-bond acceptors (Lipinski definition) is 4. The molecule has 1 amide bonds. The Morgan fingerprint density at radius 3 is 2.53 bits per heavy atom. The molecule has 1 atom stereocenters. The molecular weight excluding hydrogens is 416 g/mol. The number of halogens is 1. The van der Waals surface area contributed by atoms with Crippen LogP contribution in [0.3, 0.4) is 0 Å². The van der Waals surface area contributed by atoms with Crippen molar-refractivity contribution in [3.63, 3.8) is 0 Å². The molecule has 0 saturated carbocycles. The van der Waals surface area contributed by atoms with Gasteiger partial charge in [-0.25, -0.2) is 0 Å². The first-order valence-electron chi connectivity index (χ1n) is 9.86. The van der Waals surface area contributed by atoms with Crippen molar-refractivity contribution in [3.05, 3.63) is 70.5 Å². The fourth-order valence-corrected chi connectivity index (χ4v) is 3.98. The van der Waals surface area contributed by atoms with Gasteiger partial charge in [0.1, 0.15) is 0 Å². The van der Waals surface area contributed by atoms with Crippen LogP contribution in [0.4, 0.5) is 0 Å². The molecule has 5 nitrogen and oxygen atoms in total. The Balaban J connectivity index is 1.99. The number of carbonyl (C=O) groups excluding carboxylic acids is 1. The lowest BCUT2D eigenvalue weighted by Gasteiger charge is -2.22. The van der Waals surface area contributed by atoms with Crippen LogP contribution in [0.25, 0.3) is 5.69 Å². The summed E-state index contributed by atoms with van der Waals surface area (Å²) in [5.74, 6) is 1.40. The van der Waals surface area contributed by atoms with Crippen LogP contribution in [0.5, 0.6) is 0 Å². The van der Waals surface area contributed by atoms with Crippen molar-refractivity contribution in [2.75, 3.05) is 0 Å². The number of hydrogen-bond donors (Lipinski definition) is 1. The van der Waals surface area contributed by atoms with Gasteiger partial charge >= 0.3 is 0 Å². The summed E-state index contributed by atoms with van der Waals surface area (Å²) >= 11 is 7.91. The Kier molecular flexibility index (Phi) is 6.88. The number of nitrogens with zero attached hydrogens (tertiary/aromatic N) is 3. The SMILES string of the molecule is Cc1ccc(Cl)cc1-n1c(SCc2ccccc2)nnc1C(C)NC(=O)C(C)(C)C. The summed E-state index contributed by atoms with van der Waals surface area (Å²) in [6.07, 6.45) is 0. The number of benzene rings is 2. The Labute approximate surface area is 187 Å². The molecule has 7 heteroatoms. The van der Waals surface area contributed by atoms with Gasteiger partial charge in [0, 0.05) is 16.2 Å². The van der Waals surface area contributed by atoms with Gasteiger partial charge in [0.25, 0.3) is 0 Å². The molecule has 3 aromatic rings. The monoisotopic (exact) mass is 442 g/mol. The molecular formula is C23H27ClN4OS. The van der Waals surface area contributed by atoms with E-state index in [9.17, 15) is 4.79 Å². The third-order valence-corrected chi connectivity index (χ3v) is 5.93. The van der Waals surface area contributed by atoms with Gasteiger partial charge in [-0.15, -0.1) is 10.2 Å². The summed E-state index contributed by atoms with van der Waals surface area (Å²) in [7, 11) is 0. The topological polar surface area (TPSA) is 59.8 Å². The average molecular weight is 443 g/mol. The van der Waals surface area contributed by atoms with Gasteiger partial charge in [0.2, 0.25) is 5.91 Å². The van der Waals surface area contributed by atoms with Crippen molar-refractivity contribution in [1.82, 2.24) is 20.1 Å². The molecule has 1 unspecified atom stereocenters. The molecule has 0 spiro atoms. The van der Waals surface area contributed by atoms with Gasteiger partial charge < -0.3 is 5.32 Å². The van der Waals surface area contributed by atoms with Crippen LogP contribution in [0, 0.1) is 12.3 Å². The van der Waals surface area contributed by atoms with Gasteiger partial charge in [0.15, 0.2) is 11.0 Å². The van der Waals surface area contributed by atoms with E-state index in [2.05, 4.69) is 27.6 Å². The molecule has 0 radical (unpaired) electrons. The summed E-state index contributed by atoms with van der Waals surface area (Å²) in [6.45, 7) is 9.63. The van der Waals surface area contributed by atoms with Gasteiger partial charge in [-0.3, -0.25) is 9.36 Å². The van der Waals surface area contributed by atoms with Crippen molar-refractivity contribution in [2.24, 2.45) is 5.41 Å². The molecule has 1 N–H and O–H groups in total. The molecule has 2 aromatic carbocycles. The van der Waals surface area contributed by atoms with E-state index in [1.54, 1.807) is 11.8 Å². The molecule has 1 heterocycles. The van der Waals surface area contributed by atoms with Crippen molar-refractivity contribution in [1.29, 1.82) is 0 Å². The Morgan fingerprint density at radius 2 is 1.87 bits per heavy atom. The number of thioether (sulfide) groups is 1. The van der Waals surface area contributed by atoms with Gasteiger partial charge in [-0.2, -0.15) is 0 Å². The van der Waals surface area contributed by atoms with E-state index in [4.69, 9.17) is 11.6 Å². The lowest BCUT2D eigenvalue weighted by molar-refractivity contribution is -0.129. The van der Waals surface area contributed by atoms with Crippen LogP contribution >= 0.6 is 23.4 Å². The number of aryl methyl sites for hydroxylation is 1. The third-order valence-electron chi connectivity index (χ3n) is 4.70. The molecule has 0 aliphatic carbocycles. The molecule has 0 aliphatic rings. The minimum atomic E-state index is -0.490. The van der Waals surface area contributed by atoms with Crippen LogP contribution in [-0.4, -0.2) is 20.7 Å². The first-order chi connectivity index (χ1) is 14.2. The average Bonchev–Trinajstić information content (AvgIpc) is 3.12. The molecule has 158 valence electrons. The number of rotatable bonds is 6. The van der Waals surface area contributed by atoms with Gasteiger partial charge in [-0.05, 0) is 37.1 Å². The molecule has 1 aromatic heterocycles. The lowest BCUT2D eigenvalue weighted by Crippen LogP contribution is -2.37. The molecule has 0 aliphatic heterocycles. The molecule has 0 saturated heterocycles. The summed E-state index contributed by atoms with van der Waals surface area (Å²) in [6, 6.07) is 15.7.